The van der Waals surface area contributed by atoms with Gasteiger partial charge < -0.3 is 10.1 Å². The van der Waals surface area contributed by atoms with E-state index in [4.69, 9.17) is 4.74 Å². The molecule has 3 nitrogen and oxygen atoms in total. The maximum atomic E-state index is 11.8. The number of hydrogen-bond acceptors (Lipinski definition) is 2. The molecule has 17 heavy (non-hydrogen) atoms. The van der Waals surface area contributed by atoms with E-state index in [1.807, 2.05) is 24.3 Å². The maximum Gasteiger partial charge on any atom is 0.252 e. The zero-order valence-corrected chi connectivity index (χ0v) is 12.4. The molecule has 4 heteroatoms. The molecular formula is C13H18INO2. The van der Waals surface area contributed by atoms with Gasteiger partial charge in [-0.05, 0) is 40.6 Å². The molecule has 0 heterocycles. The van der Waals surface area contributed by atoms with Crippen molar-refractivity contribution < 1.29 is 9.53 Å². The lowest BCUT2D eigenvalue weighted by atomic mass is 10.2. The second kappa shape index (κ2) is 7.66. The molecule has 1 aromatic rings. The van der Waals surface area contributed by atoms with Crippen LogP contribution >= 0.6 is 22.6 Å². The summed E-state index contributed by atoms with van der Waals surface area (Å²) in [5.41, 5.74) is 0.719. The average molecular weight is 347 g/mol. The van der Waals surface area contributed by atoms with Gasteiger partial charge in [0.1, 0.15) is 0 Å². The number of carbonyl (C=O) groups excluding carboxylic acids is 1. The summed E-state index contributed by atoms with van der Waals surface area (Å²) in [4.78, 5) is 11.8. The van der Waals surface area contributed by atoms with Crippen molar-refractivity contribution in [3.63, 3.8) is 0 Å². The van der Waals surface area contributed by atoms with Gasteiger partial charge in [-0.1, -0.05) is 26.0 Å². The summed E-state index contributed by atoms with van der Waals surface area (Å²) in [5, 5.41) is 2.84. The summed E-state index contributed by atoms with van der Waals surface area (Å²) < 4.78 is 6.36. The highest BCUT2D eigenvalue weighted by molar-refractivity contribution is 14.1. The number of halogens is 1. The molecule has 0 aliphatic carbocycles. The van der Waals surface area contributed by atoms with Gasteiger partial charge in [0.2, 0.25) is 0 Å². The summed E-state index contributed by atoms with van der Waals surface area (Å²) in [6, 6.07) is 7.54. The Bertz CT molecular complexity index is 366. The molecule has 1 N–H and O–H groups in total. The summed E-state index contributed by atoms with van der Waals surface area (Å²) in [5.74, 6) is 0.490. The summed E-state index contributed by atoms with van der Waals surface area (Å²) in [7, 11) is 0. The molecule has 1 amide bonds. The quantitative estimate of drug-likeness (QED) is 0.635. The molecule has 0 fully saturated rings. The Balaban J connectivity index is 2.29. The Morgan fingerprint density at radius 2 is 2.12 bits per heavy atom. The Morgan fingerprint density at radius 3 is 2.76 bits per heavy atom. The van der Waals surface area contributed by atoms with Gasteiger partial charge in [0.15, 0.2) is 0 Å². The van der Waals surface area contributed by atoms with E-state index in [1.54, 1.807) is 0 Å². The number of amides is 1. The Morgan fingerprint density at radius 1 is 1.41 bits per heavy atom. The van der Waals surface area contributed by atoms with Gasteiger partial charge in [0, 0.05) is 16.7 Å². The van der Waals surface area contributed by atoms with Crippen LogP contribution in [0.5, 0.6) is 0 Å². The van der Waals surface area contributed by atoms with Crippen LogP contribution in [0.1, 0.15) is 24.2 Å². The van der Waals surface area contributed by atoms with Gasteiger partial charge in [0.25, 0.3) is 5.91 Å². The smallest absolute Gasteiger partial charge is 0.252 e. The number of carbonyl (C=O) groups is 1. The van der Waals surface area contributed by atoms with E-state index in [2.05, 4.69) is 41.8 Å². The summed E-state index contributed by atoms with van der Waals surface area (Å²) >= 11 is 2.16. The zero-order chi connectivity index (χ0) is 12.7. The highest BCUT2D eigenvalue weighted by Crippen LogP contribution is 2.10. The van der Waals surface area contributed by atoms with E-state index < -0.39 is 0 Å². The van der Waals surface area contributed by atoms with Crippen molar-refractivity contribution >= 4 is 28.5 Å². The number of nitrogens with one attached hydrogen (secondary N) is 1. The molecule has 0 aliphatic rings. The third-order valence-corrected chi connectivity index (χ3v) is 3.04. The van der Waals surface area contributed by atoms with E-state index in [1.165, 1.54) is 0 Å². The van der Waals surface area contributed by atoms with Crippen molar-refractivity contribution in [2.45, 2.75) is 13.8 Å². The van der Waals surface area contributed by atoms with Crippen LogP contribution < -0.4 is 5.32 Å². The number of benzene rings is 1. The fourth-order valence-electron chi connectivity index (χ4n) is 1.30. The lowest BCUT2D eigenvalue weighted by Gasteiger charge is -2.08. The molecule has 0 aliphatic heterocycles. The Kier molecular flexibility index (Phi) is 6.50. The van der Waals surface area contributed by atoms with Gasteiger partial charge in [-0.3, -0.25) is 4.79 Å². The van der Waals surface area contributed by atoms with Crippen LogP contribution in [0.4, 0.5) is 0 Å². The van der Waals surface area contributed by atoms with Crippen molar-refractivity contribution in [2.75, 3.05) is 19.8 Å². The highest BCUT2D eigenvalue weighted by atomic mass is 127. The van der Waals surface area contributed by atoms with Crippen LogP contribution in [-0.2, 0) is 4.74 Å². The molecule has 0 aromatic heterocycles. The first-order chi connectivity index (χ1) is 8.11. The summed E-state index contributed by atoms with van der Waals surface area (Å²) in [6.45, 7) is 6.05. The molecular weight excluding hydrogens is 329 g/mol. The molecule has 0 saturated heterocycles. The van der Waals surface area contributed by atoms with Gasteiger partial charge >= 0.3 is 0 Å². The van der Waals surface area contributed by atoms with Crippen LogP contribution in [0.15, 0.2) is 24.3 Å². The van der Waals surface area contributed by atoms with Crippen molar-refractivity contribution in [3.05, 3.63) is 33.4 Å². The van der Waals surface area contributed by atoms with E-state index in [9.17, 15) is 4.79 Å². The number of ether oxygens (including phenoxy) is 1. The van der Waals surface area contributed by atoms with Gasteiger partial charge in [-0.25, -0.2) is 0 Å². The Hall–Kier alpha value is -0.620. The molecule has 1 rings (SSSR count). The standard InChI is InChI=1S/C13H18INO2/c1-10(2)9-17-8-7-15-13(16)11-5-3-4-6-12(11)14/h3-6,10H,7-9H2,1-2H3,(H,15,16). The molecule has 1 aromatic carbocycles. The van der Waals surface area contributed by atoms with E-state index in [0.29, 0.717) is 19.1 Å². The first-order valence-electron chi connectivity index (χ1n) is 5.71. The van der Waals surface area contributed by atoms with Gasteiger partial charge in [-0.15, -0.1) is 0 Å². The minimum Gasteiger partial charge on any atom is -0.379 e. The number of rotatable bonds is 6. The molecule has 0 saturated carbocycles. The largest absolute Gasteiger partial charge is 0.379 e. The summed E-state index contributed by atoms with van der Waals surface area (Å²) in [6.07, 6.45) is 0. The normalized spacial score (nSPS) is 10.6. The topological polar surface area (TPSA) is 38.3 Å². The van der Waals surface area contributed by atoms with Crippen molar-refractivity contribution in [1.29, 1.82) is 0 Å². The third kappa shape index (κ3) is 5.50. The van der Waals surface area contributed by atoms with Crippen molar-refractivity contribution in [2.24, 2.45) is 5.92 Å². The van der Waals surface area contributed by atoms with Crippen molar-refractivity contribution in [3.8, 4) is 0 Å². The highest BCUT2D eigenvalue weighted by Gasteiger charge is 2.07. The second-order valence-corrected chi connectivity index (χ2v) is 5.37. The number of hydrogen-bond donors (Lipinski definition) is 1. The van der Waals surface area contributed by atoms with E-state index in [-0.39, 0.29) is 5.91 Å². The first-order valence-corrected chi connectivity index (χ1v) is 6.79. The second-order valence-electron chi connectivity index (χ2n) is 4.20. The average Bonchev–Trinajstić information content (AvgIpc) is 2.28. The zero-order valence-electron chi connectivity index (χ0n) is 10.2. The van der Waals surface area contributed by atoms with Crippen LogP contribution in [0.25, 0.3) is 0 Å². The predicted octanol–water partition coefficient (Wildman–Crippen LogP) is 2.69. The lowest BCUT2D eigenvalue weighted by molar-refractivity contribution is 0.0885. The molecule has 0 bridgehead atoms. The minimum atomic E-state index is -0.0388. The van der Waals surface area contributed by atoms with E-state index >= 15 is 0 Å². The van der Waals surface area contributed by atoms with E-state index in [0.717, 1.165) is 15.7 Å². The molecule has 94 valence electrons. The lowest BCUT2D eigenvalue weighted by Crippen LogP contribution is -2.28. The first kappa shape index (κ1) is 14.4. The van der Waals surface area contributed by atoms with Gasteiger partial charge in [0.05, 0.1) is 12.2 Å². The van der Waals surface area contributed by atoms with Crippen LogP contribution in [-0.4, -0.2) is 25.7 Å². The molecule has 0 unspecified atom stereocenters. The third-order valence-electron chi connectivity index (χ3n) is 2.10. The van der Waals surface area contributed by atoms with Crippen LogP contribution in [0, 0.1) is 9.49 Å². The minimum absolute atomic E-state index is 0.0388. The molecule has 0 radical (unpaired) electrons. The fraction of sp³-hybridized carbons (Fsp3) is 0.462. The molecule has 0 atom stereocenters. The maximum absolute atomic E-state index is 11.8. The van der Waals surface area contributed by atoms with Crippen LogP contribution in [0.3, 0.4) is 0 Å². The van der Waals surface area contributed by atoms with Gasteiger partial charge in [-0.2, -0.15) is 0 Å². The van der Waals surface area contributed by atoms with Crippen LogP contribution in [0.2, 0.25) is 0 Å². The fourth-order valence-corrected chi connectivity index (χ4v) is 1.93. The SMILES string of the molecule is CC(C)COCCNC(=O)c1ccccc1I. The Labute approximate surface area is 116 Å². The van der Waals surface area contributed by atoms with Crippen molar-refractivity contribution in [1.82, 2.24) is 5.32 Å². The molecule has 0 spiro atoms. The monoisotopic (exact) mass is 347 g/mol. The predicted molar refractivity (Wildman–Crippen MR) is 77.1 cm³/mol.